The summed E-state index contributed by atoms with van der Waals surface area (Å²) in [4.78, 5) is 13.6. The quantitative estimate of drug-likeness (QED) is 0.791. The Morgan fingerprint density at radius 1 is 1.60 bits per heavy atom. The van der Waals surface area contributed by atoms with Crippen molar-refractivity contribution in [3.8, 4) is 5.88 Å². The number of alkyl halides is 2. The summed E-state index contributed by atoms with van der Waals surface area (Å²) in [6, 6.07) is 0.508. The maximum atomic E-state index is 12.9. The minimum Gasteiger partial charge on any atom is -0.480 e. The van der Waals surface area contributed by atoms with Crippen LogP contribution in [0.5, 0.6) is 5.88 Å². The normalized spacial score (nSPS) is 10.5. The molecular weight excluding hydrogens is 215 g/mol. The molecule has 0 amide bonds. The van der Waals surface area contributed by atoms with Gasteiger partial charge in [-0.25, -0.2) is 13.6 Å². The summed E-state index contributed by atoms with van der Waals surface area (Å²) in [5, 5.41) is 8.61. The number of rotatable bonds is 3. The summed E-state index contributed by atoms with van der Waals surface area (Å²) >= 11 is 0. The maximum absolute atomic E-state index is 12.9. The van der Waals surface area contributed by atoms with Crippen molar-refractivity contribution in [1.82, 2.24) is 4.98 Å². The lowest BCUT2D eigenvalue weighted by molar-refractivity contribution is 0.0691. The minimum absolute atomic E-state index is 0.508. The summed E-state index contributed by atoms with van der Waals surface area (Å²) in [5.41, 5.74) is -1.66. The van der Waals surface area contributed by atoms with Gasteiger partial charge in [0.25, 0.3) is 6.43 Å². The van der Waals surface area contributed by atoms with Crippen LogP contribution in [0.2, 0.25) is 0 Å². The molecule has 0 spiro atoms. The summed E-state index contributed by atoms with van der Waals surface area (Å²) in [6.45, 7) is 0. The minimum atomic E-state index is -3.12. The third-order valence-corrected chi connectivity index (χ3v) is 1.63. The van der Waals surface area contributed by atoms with Gasteiger partial charge >= 0.3 is 5.97 Å². The number of carbonyl (C=O) groups is 1. The molecule has 0 bridgehead atoms. The van der Waals surface area contributed by atoms with Crippen LogP contribution in [-0.2, 0) is 0 Å². The van der Waals surface area contributed by atoms with Gasteiger partial charge in [-0.2, -0.15) is 9.37 Å². The van der Waals surface area contributed by atoms with Gasteiger partial charge in [0.1, 0.15) is 5.56 Å². The number of nitrogens with zero attached hydrogens (tertiary/aromatic N) is 1. The first kappa shape index (κ1) is 11.3. The van der Waals surface area contributed by atoms with E-state index >= 15 is 0 Å². The molecule has 1 rings (SSSR count). The zero-order valence-electron chi connectivity index (χ0n) is 7.50. The van der Waals surface area contributed by atoms with Gasteiger partial charge in [-0.1, -0.05) is 0 Å². The monoisotopic (exact) mass is 221 g/mol. The molecule has 4 nitrogen and oxygen atoms in total. The van der Waals surface area contributed by atoms with Gasteiger partial charge in [-0.3, -0.25) is 0 Å². The van der Waals surface area contributed by atoms with Crippen LogP contribution in [0.25, 0.3) is 0 Å². The average Bonchev–Trinajstić information content (AvgIpc) is 2.16. The number of pyridine rings is 1. The van der Waals surface area contributed by atoms with E-state index in [0.29, 0.717) is 6.07 Å². The molecule has 1 N–H and O–H groups in total. The molecule has 82 valence electrons. The number of hydrogen-bond donors (Lipinski definition) is 1. The molecule has 0 atom stereocenters. The molecule has 7 heteroatoms. The Morgan fingerprint density at radius 3 is 2.60 bits per heavy atom. The van der Waals surface area contributed by atoms with Crippen LogP contribution in [0.1, 0.15) is 22.3 Å². The van der Waals surface area contributed by atoms with Crippen molar-refractivity contribution in [3.63, 3.8) is 0 Å². The molecular formula is C8H6F3NO3. The molecule has 0 saturated carbocycles. The molecule has 1 heterocycles. The summed E-state index contributed by atoms with van der Waals surface area (Å²) in [7, 11) is 1.07. The second-order valence-corrected chi connectivity index (χ2v) is 2.53. The Hall–Kier alpha value is -1.79. The number of carboxylic acids is 1. The predicted octanol–water partition coefficient (Wildman–Crippen LogP) is 1.87. The van der Waals surface area contributed by atoms with Crippen molar-refractivity contribution in [1.29, 1.82) is 0 Å². The van der Waals surface area contributed by atoms with Crippen LogP contribution in [0.3, 0.4) is 0 Å². The van der Waals surface area contributed by atoms with Crippen molar-refractivity contribution in [2.24, 2.45) is 0 Å². The van der Waals surface area contributed by atoms with E-state index in [9.17, 15) is 18.0 Å². The smallest absolute Gasteiger partial charge is 0.341 e. The first-order valence-corrected chi connectivity index (χ1v) is 3.73. The van der Waals surface area contributed by atoms with E-state index in [1.54, 1.807) is 0 Å². The van der Waals surface area contributed by atoms with Crippen molar-refractivity contribution >= 4 is 5.97 Å². The standard InChI is InChI=1S/C8H6F3NO3/c1-15-7-4(8(13)14)2-3(5(9)10)6(11)12-7/h2,5H,1H3,(H,13,14). The fourth-order valence-corrected chi connectivity index (χ4v) is 0.953. The van der Waals surface area contributed by atoms with E-state index in [2.05, 4.69) is 9.72 Å². The highest BCUT2D eigenvalue weighted by Gasteiger charge is 2.22. The lowest BCUT2D eigenvalue weighted by Gasteiger charge is -2.06. The van der Waals surface area contributed by atoms with E-state index in [-0.39, 0.29) is 0 Å². The van der Waals surface area contributed by atoms with Gasteiger partial charge in [0, 0.05) is 0 Å². The molecule has 0 fully saturated rings. The lowest BCUT2D eigenvalue weighted by Crippen LogP contribution is -2.07. The highest BCUT2D eigenvalue weighted by atomic mass is 19.3. The summed E-state index contributed by atoms with van der Waals surface area (Å²) in [5.74, 6) is -3.49. The van der Waals surface area contributed by atoms with Crippen LogP contribution in [-0.4, -0.2) is 23.2 Å². The molecule has 0 saturated heterocycles. The Kier molecular flexibility index (Phi) is 3.13. The second kappa shape index (κ2) is 4.16. The van der Waals surface area contributed by atoms with E-state index in [1.807, 2.05) is 0 Å². The number of methoxy groups -OCH3 is 1. The lowest BCUT2D eigenvalue weighted by atomic mass is 10.2. The van der Waals surface area contributed by atoms with Gasteiger partial charge in [0.05, 0.1) is 12.7 Å². The second-order valence-electron chi connectivity index (χ2n) is 2.53. The van der Waals surface area contributed by atoms with Crippen molar-refractivity contribution < 1.29 is 27.8 Å². The van der Waals surface area contributed by atoms with Crippen LogP contribution in [0.4, 0.5) is 13.2 Å². The van der Waals surface area contributed by atoms with Gasteiger partial charge in [0.2, 0.25) is 11.8 Å². The fourth-order valence-electron chi connectivity index (χ4n) is 0.953. The number of halogens is 3. The number of aromatic carboxylic acids is 1. The molecule has 1 aromatic rings. The molecule has 1 aromatic heterocycles. The molecule has 0 aromatic carbocycles. The van der Waals surface area contributed by atoms with Crippen LogP contribution < -0.4 is 4.74 Å². The molecule has 0 aliphatic heterocycles. The van der Waals surface area contributed by atoms with Crippen LogP contribution in [0.15, 0.2) is 6.07 Å². The first-order valence-electron chi connectivity index (χ1n) is 3.73. The van der Waals surface area contributed by atoms with Gasteiger partial charge in [-0.05, 0) is 6.07 Å². The van der Waals surface area contributed by atoms with Crippen molar-refractivity contribution in [3.05, 3.63) is 23.1 Å². The topological polar surface area (TPSA) is 59.4 Å². The zero-order chi connectivity index (χ0) is 11.6. The Bertz CT molecular complexity index is 395. The molecule has 0 unspecified atom stereocenters. The molecule has 15 heavy (non-hydrogen) atoms. The van der Waals surface area contributed by atoms with Gasteiger partial charge in [0.15, 0.2) is 0 Å². The molecule has 0 radical (unpaired) electrons. The van der Waals surface area contributed by atoms with E-state index < -0.39 is 35.3 Å². The third kappa shape index (κ3) is 2.17. The van der Waals surface area contributed by atoms with Crippen molar-refractivity contribution in [2.45, 2.75) is 6.43 Å². The molecule has 0 aliphatic rings. The Morgan fingerprint density at radius 2 is 2.20 bits per heavy atom. The van der Waals surface area contributed by atoms with Crippen LogP contribution >= 0.6 is 0 Å². The highest BCUT2D eigenvalue weighted by Crippen LogP contribution is 2.26. The van der Waals surface area contributed by atoms with Gasteiger partial charge in [-0.15, -0.1) is 0 Å². The number of hydrogen-bond acceptors (Lipinski definition) is 3. The van der Waals surface area contributed by atoms with E-state index in [4.69, 9.17) is 5.11 Å². The summed E-state index contributed by atoms with van der Waals surface area (Å²) < 4.78 is 41.7. The highest BCUT2D eigenvalue weighted by molar-refractivity contribution is 5.90. The SMILES string of the molecule is COc1nc(F)c(C(F)F)cc1C(=O)O. The fraction of sp³-hybridized carbons (Fsp3) is 0.250. The predicted molar refractivity (Wildman–Crippen MR) is 42.7 cm³/mol. The van der Waals surface area contributed by atoms with Crippen molar-refractivity contribution in [2.75, 3.05) is 7.11 Å². The Balaban J connectivity index is 3.37. The van der Waals surface area contributed by atoms with Crippen LogP contribution in [0, 0.1) is 5.95 Å². The molecule has 0 aliphatic carbocycles. The third-order valence-electron chi connectivity index (χ3n) is 1.63. The largest absolute Gasteiger partial charge is 0.480 e. The summed E-state index contributed by atoms with van der Waals surface area (Å²) in [6.07, 6.45) is -3.12. The van der Waals surface area contributed by atoms with E-state index in [1.165, 1.54) is 0 Å². The maximum Gasteiger partial charge on any atom is 0.341 e. The number of carboxylic acid groups (broad SMARTS) is 1. The first-order chi connectivity index (χ1) is 6.97. The zero-order valence-corrected chi connectivity index (χ0v) is 7.50. The Labute approximate surface area is 82.3 Å². The average molecular weight is 221 g/mol. The number of ether oxygens (including phenoxy) is 1. The number of aromatic nitrogens is 1. The van der Waals surface area contributed by atoms with Gasteiger partial charge < -0.3 is 9.84 Å². The van der Waals surface area contributed by atoms with E-state index in [0.717, 1.165) is 7.11 Å².